The highest BCUT2D eigenvalue weighted by Gasteiger charge is 2.62. The summed E-state index contributed by atoms with van der Waals surface area (Å²) >= 11 is 0. The highest BCUT2D eigenvalue weighted by Crippen LogP contribution is 2.60. The van der Waals surface area contributed by atoms with Crippen LogP contribution in [0.4, 0.5) is 4.79 Å². The number of benzene rings is 2. The van der Waals surface area contributed by atoms with Gasteiger partial charge in [0, 0.05) is 5.92 Å². The fourth-order valence-electron chi connectivity index (χ4n) is 6.24. The van der Waals surface area contributed by atoms with Gasteiger partial charge < -0.3 is 20.5 Å². The first-order chi connectivity index (χ1) is 16.9. The molecule has 7 heteroatoms. The van der Waals surface area contributed by atoms with E-state index in [1.54, 1.807) is 0 Å². The zero-order valence-corrected chi connectivity index (χ0v) is 20.0. The topological polar surface area (TPSA) is 105 Å². The smallest absolute Gasteiger partial charge is 0.408 e. The largest absolute Gasteiger partial charge is 0.480 e. The molecule has 3 aliphatic carbocycles. The molecule has 1 atom stereocenters. The molecule has 3 N–H and O–H groups in total. The number of nitrogens with one attached hydrogen (secondary N) is 2. The number of amides is 2. The van der Waals surface area contributed by atoms with Crippen molar-refractivity contribution in [3.63, 3.8) is 0 Å². The summed E-state index contributed by atoms with van der Waals surface area (Å²) in [7, 11) is 0. The molecule has 184 valence electrons. The molecule has 2 fully saturated rings. The minimum atomic E-state index is -1.12. The molecule has 0 aromatic heterocycles. The number of fused-ring (bicyclic) bond motifs is 3. The van der Waals surface area contributed by atoms with E-state index in [1.807, 2.05) is 31.2 Å². The van der Waals surface area contributed by atoms with Crippen LogP contribution in [0.2, 0.25) is 0 Å². The number of carboxylic acids is 1. The van der Waals surface area contributed by atoms with Crippen molar-refractivity contribution in [2.75, 3.05) is 6.61 Å². The number of aliphatic carboxylic acids is 1. The third-order valence-corrected chi connectivity index (χ3v) is 8.07. The Hall–Kier alpha value is -3.35. The van der Waals surface area contributed by atoms with Gasteiger partial charge in [-0.2, -0.15) is 0 Å². The Morgan fingerprint density at radius 2 is 1.63 bits per heavy atom. The Bertz CT molecular complexity index is 1100. The predicted octanol–water partition coefficient (Wildman–Crippen LogP) is 4.60. The molecular weight excluding hydrogens is 444 g/mol. The molecule has 2 saturated carbocycles. The number of alkyl carbamates (subject to hydrolysis) is 1. The summed E-state index contributed by atoms with van der Waals surface area (Å²) in [5.74, 6) is -1.56. The lowest BCUT2D eigenvalue weighted by Gasteiger charge is -2.59. The van der Waals surface area contributed by atoms with E-state index >= 15 is 0 Å². The Morgan fingerprint density at radius 1 is 1.03 bits per heavy atom. The van der Waals surface area contributed by atoms with Crippen molar-refractivity contribution in [2.24, 2.45) is 5.41 Å². The van der Waals surface area contributed by atoms with Gasteiger partial charge in [-0.1, -0.05) is 68.3 Å². The fourth-order valence-corrected chi connectivity index (χ4v) is 6.24. The van der Waals surface area contributed by atoms with Gasteiger partial charge in [0.15, 0.2) is 0 Å². The minimum absolute atomic E-state index is 0.0711. The van der Waals surface area contributed by atoms with E-state index in [-0.39, 0.29) is 17.9 Å². The van der Waals surface area contributed by atoms with Gasteiger partial charge in [0.1, 0.15) is 18.2 Å². The maximum atomic E-state index is 13.2. The molecule has 0 heterocycles. The quantitative estimate of drug-likeness (QED) is 0.517. The van der Waals surface area contributed by atoms with Crippen LogP contribution in [0.3, 0.4) is 0 Å². The van der Waals surface area contributed by atoms with Crippen LogP contribution < -0.4 is 10.6 Å². The van der Waals surface area contributed by atoms with Gasteiger partial charge in [0.2, 0.25) is 5.91 Å². The van der Waals surface area contributed by atoms with Crippen LogP contribution in [0.25, 0.3) is 11.1 Å². The van der Waals surface area contributed by atoms with Crippen LogP contribution in [-0.2, 0) is 14.3 Å². The summed E-state index contributed by atoms with van der Waals surface area (Å²) in [6, 6.07) is 15.3. The van der Waals surface area contributed by atoms with Crippen LogP contribution in [0, 0.1) is 5.41 Å². The molecule has 1 unspecified atom stereocenters. The second kappa shape index (κ2) is 9.02. The molecule has 0 bridgehead atoms. The van der Waals surface area contributed by atoms with Crippen molar-refractivity contribution >= 4 is 18.0 Å². The summed E-state index contributed by atoms with van der Waals surface area (Å²) in [5.41, 5.74) is 3.50. The average Bonchev–Trinajstić information content (AvgIpc) is 3.12. The minimum Gasteiger partial charge on any atom is -0.480 e. The summed E-state index contributed by atoms with van der Waals surface area (Å²) < 4.78 is 5.69. The Kier molecular flexibility index (Phi) is 6.03. The van der Waals surface area contributed by atoms with Gasteiger partial charge in [0.25, 0.3) is 0 Å². The van der Waals surface area contributed by atoms with Gasteiger partial charge in [-0.05, 0) is 59.8 Å². The van der Waals surface area contributed by atoms with Crippen molar-refractivity contribution in [1.29, 1.82) is 0 Å². The second-order valence-electron chi connectivity index (χ2n) is 10.4. The second-order valence-corrected chi connectivity index (χ2v) is 10.4. The third-order valence-electron chi connectivity index (χ3n) is 8.07. The molecule has 2 aromatic carbocycles. The van der Waals surface area contributed by atoms with E-state index in [4.69, 9.17) is 4.74 Å². The highest BCUT2D eigenvalue weighted by atomic mass is 16.5. The standard InChI is InChI=1S/C28H32N2O5/c1-2-8-23(24(31)32)29-25(33)28(16-27(17-28)13-7-14-27)30-26(34)35-15-22-20-11-5-3-9-18(20)19-10-4-6-12-21(19)22/h3-6,9-12,22-23H,2,7-8,13-17H2,1H3,(H,29,33)(H,30,34)(H,31,32). The first-order valence-corrected chi connectivity index (χ1v) is 12.5. The van der Waals surface area contributed by atoms with Gasteiger partial charge in [-0.3, -0.25) is 4.79 Å². The summed E-state index contributed by atoms with van der Waals surface area (Å²) in [6.07, 6.45) is 4.57. The van der Waals surface area contributed by atoms with Crippen LogP contribution in [-0.4, -0.2) is 41.3 Å². The zero-order chi connectivity index (χ0) is 24.6. The summed E-state index contributed by atoms with van der Waals surface area (Å²) in [4.78, 5) is 37.8. The van der Waals surface area contributed by atoms with Crippen molar-refractivity contribution in [3.8, 4) is 11.1 Å². The van der Waals surface area contributed by atoms with E-state index in [2.05, 4.69) is 34.9 Å². The average molecular weight is 477 g/mol. The van der Waals surface area contributed by atoms with Gasteiger partial charge in [-0.15, -0.1) is 0 Å². The van der Waals surface area contributed by atoms with Crippen LogP contribution >= 0.6 is 0 Å². The number of carbonyl (C=O) groups is 3. The lowest BCUT2D eigenvalue weighted by Crippen LogP contribution is -2.71. The summed E-state index contributed by atoms with van der Waals surface area (Å²) in [6.45, 7) is 2.04. The fraction of sp³-hybridized carbons (Fsp3) is 0.464. The molecule has 0 saturated heterocycles. The molecule has 3 aliphatic rings. The maximum Gasteiger partial charge on any atom is 0.408 e. The first kappa shape index (κ1) is 23.4. The van der Waals surface area contributed by atoms with Gasteiger partial charge >= 0.3 is 12.1 Å². The molecule has 0 aliphatic heterocycles. The monoisotopic (exact) mass is 476 g/mol. The Morgan fingerprint density at radius 3 is 2.14 bits per heavy atom. The number of hydrogen-bond donors (Lipinski definition) is 3. The van der Waals surface area contributed by atoms with Crippen molar-refractivity contribution in [3.05, 3.63) is 59.7 Å². The highest BCUT2D eigenvalue weighted by molar-refractivity contribution is 5.94. The van der Waals surface area contributed by atoms with E-state index in [1.165, 1.54) is 0 Å². The van der Waals surface area contributed by atoms with E-state index < -0.39 is 29.6 Å². The lowest BCUT2D eigenvalue weighted by atomic mass is 9.48. The Balaban J connectivity index is 1.28. The van der Waals surface area contributed by atoms with Crippen molar-refractivity contribution < 1.29 is 24.2 Å². The zero-order valence-electron chi connectivity index (χ0n) is 20.0. The number of carbonyl (C=O) groups excluding carboxylic acids is 2. The molecule has 2 aromatic rings. The lowest BCUT2D eigenvalue weighted by molar-refractivity contribution is -0.150. The maximum absolute atomic E-state index is 13.2. The van der Waals surface area contributed by atoms with E-state index in [9.17, 15) is 19.5 Å². The SMILES string of the molecule is CCCC(NC(=O)C1(NC(=O)OCC2c3ccccc3-c3ccccc32)CC2(CCC2)C1)C(=O)O. The predicted molar refractivity (Wildman–Crippen MR) is 131 cm³/mol. The van der Waals surface area contributed by atoms with Crippen molar-refractivity contribution in [2.45, 2.75) is 69.4 Å². The molecule has 0 radical (unpaired) electrons. The number of hydrogen-bond acceptors (Lipinski definition) is 4. The first-order valence-electron chi connectivity index (χ1n) is 12.5. The molecule has 7 nitrogen and oxygen atoms in total. The van der Waals surface area contributed by atoms with Crippen LogP contribution in [0.15, 0.2) is 48.5 Å². The summed E-state index contributed by atoms with van der Waals surface area (Å²) in [5, 5.41) is 15.0. The molecule has 2 amide bonds. The van der Waals surface area contributed by atoms with E-state index in [0.717, 1.165) is 41.5 Å². The van der Waals surface area contributed by atoms with Crippen molar-refractivity contribution in [1.82, 2.24) is 10.6 Å². The molecule has 1 spiro atoms. The Labute approximate surface area is 205 Å². The van der Waals surface area contributed by atoms with Crippen LogP contribution in [0.1, 0.15) is 68.9 Å². The van der Waals surface area contributed by atoms with E-state index in [0.29, 0.717) is 25.7 Å². The number of ether oxygens (including phenoxy) is 1. The third kappa shape index (κ3) is 4.17. The van der Waals surface area contributed by atoms with Gasteiger partial charge in [0.05, 0.1) is 0 Å². The van der Waals surface area contributed by atoms with Crippen LogP contribution in [0.5, 0.6) is 0 Å². The molecular formula is C28H32N2O5. The molecule has 35 heavy (non-hydrogen) atoms. The number of carboxylic acid groups (broad SMARTS) is 1. The molecule has 5 rings (SSSR count). The number of rotatable bonds is 8. The normalized spacial score (nSPS) is 19.5. The van der Waals surface area contributed by atoms with Gasteiger partial charge in [-0.25, -0.2) is 9.59 Å².